The molecule has 0 aliphatic carbocycles. The second-order valence-corrected chi connectivity index (χ2v) is 3.78. The van der Waals surface area contributed by atoms with Crippen LogP contribution >= 0.6 is 15.9 Å². The summed E-state index contributed by atoms with van der Waals surface area (Å²) in [6.45, 7) is 0.576. The Morgan fingerprint density at radius 1 is 1.43 bits per heavy atom. The minimum absolute atomic E-state index is 0.204. The number of rotatable bonds is 2. The van der Waals surface area contributed by atoms with Crippen LogP contribution in [0.4, 0.5) is 13.2 Å². The molecule has 0 aliphatic heterocycles. The molecule has 14 heavy (non-hydrogen) atoms. The summed E-state index contributed by atoms with van der Waals surface area (Å²) in [5, 5.41) is 0. The van der Waals surface area contributed by atoms with E-state index >= 15 is 0 Å². The molecule has 0 amide bonds. The molecule has 5 heteroatoms. The summed E-state index contributed by atoms with van der Waals surface area (Å²) in [5.74, 6) is -4.47. The van der Waals surface area contributed by atoms with Crippen LogP contribution in [-0.4, -0.2) is 6.29 Å². The fourth-order valence-corrected chi connectivity index (χ4v) is 1.49. The molecule has 0 aliphatic rings. The summed E-state index contributed by atoms with van der Waals surface area (Å²) in [6, 6.07) is 2.11. The van der Waals surface area contributed by atoms with Crippen molar-refractivity contribution in [1.82, 2.24) is 0 Å². The van der Waals surface area contributed by atoms with Gasteiger partial charge in [0, 0.05) is 11.4 Å². The van der Waals surface area contributed by atoms with Crippen molar-refractivity contribution in [3.63, 3.8) is 0 Å². The molecular formula is C9H6BrF3O. The monoisotopic (exact) mass is 266 g/mol. The molecule has 0 aromatic heterocycles. The molecule has 1 nitrogen and oxygen atoms in total. The fourth-order valence-electron chi connectivity index (χ4n) is 1.02. The lowest BCUT2D eigenvalue weighted by Gasteiger charge is -2.12. The normalized spacial score (nSPS) is 11.5. The Labute approximate surface area is 87.1 Å². The van der Waals surface area contributed by atoms with E-state index in [9.17, 15) is 18.0 Å². The molecule has 0 radical (unpaired) electrons. The minimum Gasteiger partial charge on any atom is -0.298 e. The van der Waals surface area contributed by atoms with E-state index in [0.717, 1.165) is 12.1 Å². The van der Waals surface area contributed by atoms with Gasteiger partial charge < -0.3 is 0 Å². The Bertz CT molecular complexity index is 371. The first-order valence-electron chi connectivity index (χ1n) is 3.69. The zero-order valence-electron chi connectivity index (χ0n) is 7.15. The lowest BCUT2D eigenvalue weighted by Crippen LogP contribution is -2.11. The number of benzene rings is 1. The zero-order valence-corrected chi connectivity index (χ0v) is 8.74. The van der Waals surface area contributed by atoms with Crippen LogP contribution in [0.15, 0.2) is 16.6 Å². The van der Waals surface area contributed by atoms with Crippen LogP contribution in [0, 0.1) is 5.82 Å². The maximum absolute atomic E-state index is 13.2. The van der Waals surface area contributed by atoms with Gasteiger partial charge in [-0.15, -0.1) is 0 Å². The Balaban J connectivity index is 3.44. The number of carbonyl (C=O) groups excluding carboxylic acids is 1. The van der Waals surface area contributed by atoms with Gasteiger partial charge in [-0.2, -0.15) is 0 Å². The molecule has 0 fully saturated rings. The van der Waals surface area contributed by atoms with Crippen molar-refractivity contribution in [1.29, 1.82) is 0 Å². The SMILES string of the molecule is CC(F)(F)c1cc(Br)cc(C=O)c1F. The highest BCUT2D eigenvalue weighted by atomic mass is 79.9. The molecule has 0 spiro atoms. The Hall–Kier alpha value is -0.840. The third kappa shape index (κ3) is 2.15. The first kappa shape index (κ1) is 11.2. The maximum Gasteiger partial charge on any atom is 0.273 e. The first-order valence-corrected chi connectivity index (χ1v) is 4.48. The largest absolute Gasteiger partial charge is 0.298 e. The molecule has 1 aromatic rings. The van der Waals surface area contributed by atoms with Gasteiger partial charge in [0.1, 0.15) is 5.82 Å². The summed E-state index contributed by atoms with van der Waals surface area (Å²) in [5.41, 5.74) is -1.16. The van der Waals surface area contributed by atoms with Crippen LogP contribution in [0.2, 0.25) is 0 Å². The van der Waals surface area contributed by atoms with Crippen molar-refractivity contribution < 1.29 is 18.0 Å². The van der Waals surface area contributed by atoms with Gasteiger partial charge in [0.15, 0.2) is 6.29 Å². The predicted octanol–water partition coefficient (Wildman–Crippen LogP) is 3.51. The average molecular weight is 267 g/mol. The van der Waals surface area contributed by atoms with Gasteiger partial charge in [-0.1, -0.05) is 15.9 Å². The number of carbonyl (C=O) groups is 1. The molecule has 0 unspecified atom stereocenters. The summed E-state index contributed by atoms with van der Waals surface area (Å²) in [7, 11) is 0. The third-order valence-electron chi connectivity index (χ3n) is 1.67. The van der Waals surface area contributed by atoms with Gasteiger partial charge in [0.2, 0.25) is 0 Å². The number of aldehydes is 1. The summed E-state index contributed by atoms with van der Waals surface area (Å²) >= 11 is 2.92. The number of alkyl halides is 2. The van der Waals surface area contributed by atoms with Crippen LogP contribution < -0.4 is 0 Å². The first-order chi connectivity index (χ1) is 6.36. The standard InChI is InChI=1S/C9H6BrF3O/c1-9(12,13)7-3-6(10)2-5(4-14)8(7)11/h2-4H,1H3. The van der Waals surface area contributed by atoms with Crippen molar-refractivity contribution in [2.45, 2.75) is 12.8 Å². The Morgan fingerprint density at radius 3 is 2.43 bits per heavy atom. The van der Waals surface area contributed by atoms with E-state index in [0.29, 0.717) is 6.92 Å². The topological polar surface area (TPSA) is 17.1 Å². The fraction of sp³-hybridized carbons (Fsp3) is 0.222. The molecule has 0 heterocycles. The molecule has 0 saturated heterocycles. The smallest absolute Gasteiger partial charge is 0.273 e. The summed E-state index contributed by atoms with van der Waals surface area (Å²) in [6.07, 6.45) is 0.204. The molecule has 1 rings (SSSR count). The predicted molar refractivity (Wildman–Crippen MR) is 49.1 cm³/mol. The molecule has 0 saturated carbocycles. The van der Waals surface area contributed by atoms with Crippen LogP contribution in [0.1, 0.15) is 22.8 Å². The number of hydrogen-bond acceptors (Lipinski definition) is 1. The minimum atomic E-state index is -3.30. The van der Waals surface area contributed by atoms with Crippen LogP contribution in [0.3, 0.4) is 0 Å². The van der Waals surface area contributed by atoms with Gasteiger partial charge in [-0.25, -0.2) is 13.2 Å². The highest BCUT2D eigenvalue weighted by Gasteiger charge is 2.29. The molecule has 1 aromatic carbocycles. The second kappa shape index (κ2) is 3.73. The van der Waals surface area contributed by atoms with Gasteiger partial charge in [0.05, 0.1) is 11.1 Å². The lowest BCUT2D eigenvalue weighted by atomic mass is 10.1. The summed E-state index contributed by atoms with van der Waals surface area (Å²) in [4.78, 5) is 10.4. The average Bonchev–Trinajstić information content (AvgIpc) is 2.06. The van der Waals surface area contributed by atoms with Crippen molar-refractivity contribution in [3.05, 3.63) is 33.5 Å². The zero-order chi connectivity index (χ0) is 10.9. The van der Waals surface area contributed by atoms with Gasteiger partial charge >= 0.3 is 0 Å². The maximum atomic E-state index is 13.2. The number of hydrogen-bond donors (Lipinski definition) is 0. The highest BCUT2D eigenvalue weighted by Crippen LogP contribution is 2.32. The van der Waals surface area contributed by atoms with Crippen molar-refractivity contribution >= 4 is 22.2 Å². The molecule has 0 atom stereocenters. The molecule has 0 bridgehead atoms. The van der Waals surface area contributed by atoms with Crippen molar-refractivity contribution in [2.75, 3.05) is 0 Å². The van der Waals surface area contributed by atoms with E-state index in [4.69, 9.17) is 0 Å². The highest BCUT2D eigenvalue weighted by molar-refractivity contribution is 9.10. The van der Waals surface area contributed by atoms with Crippen LogP contribution in [-0.2, 0) is 5.92 Å². The van der Waals surface area contributed by atoms with Crippen molar-refractivity contribution in [3.8, 4) is 0 Å². The molecular weight excluding hydrogens is 261 g/mol. The van der Waals surface area contributed by atoms with Crippen molar-refractivity contribution in [2.24, 2.45) is 0 Å². The molecule has 76 valence electrons. The molecule has 0 N–H and O–H groups in total. The van der Waals surface area contributed by atoms with E-state index in [1.807, 2.05) is 0 Å². The summed E-state index contributed by atoms with van der Waals surface area (Å²) < 4.78 is 39.1. The van der Waals surface area contributed by atoms with E-state index in [1.165, 1.54) is 0 Å². The van der Waals surface area contributed by atoms with E-state index in [2.05, 4.69) is 15.9 Å². The lowest BCUT2D eigenvalue weighted by molar-refractivity contribution is 0.0136. The Kier molecular flexibility index (Phi) is 2.99. The van der Waals surface area contributed by atoms with Crippen LogP contribution in [0.5, 0.6) is 0 Å². The second-order valence-electron chi connectivity index (χ2n) is 2.86. The Morgan fingerprint density at radius 2 is 2.00 bits per heavy atom. The third-order valence-corrected chi connectivity index (χ3v) is 2.12. The van der Waals surface area contributed by atoms with Gasteiger partial charge in [0.25, 0.3) is 5.92 Å². The number of halogens is 4. The van der Waals surface area contributed by atoms with E-state index in [1.54, 1.807) is 0 Å². The van der Waals surface area contributed by atoms with Crippen LogP contribution in [0.25, 0.3) is 0 Å². The van der Waals surface area contributed by atoms with E-state index in [-0.39, 0.29) is 16.3 Å². The van der Waals surface area contributed by atoms with E-state index < -0.39 is 17.3 Å². The van der Waals surface area contributed by atoms with Gasteiger partial charge in [-0.3, -0.25) is 4.79 Å². The quantitative estimate of drug-likeness (QED) is 0.749. The van der Waals surface area contributed by atoms with Gasteiger partial charge in [-0.05, 0) is 12.1 Å².